The number of thiazole rings is 1. The molecular formula is C21H29N3O2S. The second-order valence-electron chi connectivity index (χ2n) is 8.00. The summed E-state index contributed by atoms with van der Waals surface area (Å²) in [5.41, 5.74) is 1.09. The van der Waals surface area contributed by atoms with Crippen LogP contribution >= 0.6 is 11.3 Å². The van der Waals surface area contributed by atoms with E-state index >= 15 is 0 Å². The Hall–Kier alpha value is -1.69. The van der Waals surface area contributed by atoms with Crippen molar-refractivity contribution in [3.63, 3.8) is 0 Å². The SMILES string of the molecule is O=C(NC1CCCCCCC1)c1cnc2sc3c(n2c1=O)CCCCCC3. The standard InChI is InChI=1S/C21H29N3O2S/c25-19(23-15-10-6-2-1-3-7-11-15)16-14-22-21-24(20(16)26)17-12-8-4-5-9-13-18(17)27-21/h14-15H,1-13H2,(H,23,25). The van der Waals surface area contributed by atoms with E-state index in [-0.39, 0.29) is 23.1 Å². The van der Waals surface area contributed by atoms with Gasteiger partial charge in [-0.25, -0.2) is 4.98 Å². The molecule has 0 bridgehead atoms. The van der Waals surface area contributed by atoms with Gasteiger partial charge in [0.25, 0.3) is 11.5 Å². The molecule has 0 spiro atoms. The third-order valence-electron chi connectivity index (χ3n) is 5.99. The molecule has 1 fully saturated rings. The second kappa shape index (κ2) is 8.55. The molecule has 1 saturated carbocycles. The highest BCUT2D eigenvalue weighted by Gasteiger charge is 2.22. The van der Waals surface area contributed by atoms with E-state index in [1.807, 2.05) is 0 Å². The molecule has 1 amide bonds. The normalized spacial score (nSPS) is 19.6. The van der Waals surface area contributed by atoms with Gasteiger partial charge in [-0.2, -0.15) is 0 Å². The van der Waals surface area contributed by atoms with E-state index in [1.165, 1.54) is 49.6 Å². The Morgan fingerprint density at radius 3 is 2.44 bits per heavy atom. The summed E-state index contributed by atoms with van der Waals surface area (Å²) in [7, 11) is 0. The quantitative estimate of drug-likeness (QED) is 0.837. The summed E-state index contributed by atoms with van der Waals surface area (Å²) in [4.78, 5) is 32.4. The first-order chi connectivity index (χ1) is 13.2. The molecular weight excluding hydrogens is 358 g/mol. The third kappa shape index (κ3) is 4.10. The minimum Gasteiger partial charge on any atom is -0.349 e. The maximum Gasteiger partial charge on any atom is 0.271 e. The molecule has 0 aliphatic heterocycles. The van der Waals surface area contributed by atoms with Crippen molar-refractivity contribution in [1.29, 1.82) is 0 Å². The first-order valence-electron chi connectivity index (χ1n) is 10.6. The molecule has 0 radical (unpaired) electrons. The van der Waals surface area contributed by atoms with Crippen LogP contribution in [0.1, 0.15) is 91.6 Å². The molecule has 0 atom stereocenters. The third-order valence-corrected chi connectivity index (χ3v) is 7.14. The van der Waals surface area contributed by atoms with Crippen molar-refractivity contribution in [2.24, 2.45) is 0 Å². The zero-order valence-electron chi connectivity index (χ0n) is 16.0. The molecule has 0 saturated heterocycles. The van der Waals surface area contributed by atoms with Crippen LogP contribution in [0.3, 0.4) is 0 Å². The van der Waals surface area contributed by atoms with Gasteiger partial charge < -0.3 is 5.32 Å². The number of carbonyl (C=O) groups is 1. The van der Waals surface area contributed by atoms with Crippen molar-refractivity contribution in [1.82, 2.24) is 14.7 Å². The summed E-state index contributed by atoms with van der Waals surface area (Å²) in [6.45, 7) is 0. The number of rotatable bonds is 2. The number of hydrogen-bond acceptors (Lipinski definition) is 4. The average Bonchev–Trinajstić information content (AvgIpc) is 2.95. The topological polar surface area (TPSA) is 63.5 Å². The summed E-state index contributed by atoms with van der Waals surface area (Å²) >= 11 is 1.62. The van der Waals surface area contributed by atoms with Crippen LogP contribution in [-0.2, 0) is 12.8 Å². The van der Waals surface area contributed by atoms with Crippen molar-refractivity contribution in [3.8, 4) is 0 Å². The lowest BCUT2D eigenvalue weighted by molar-refractivity contribution is 0.0928. The van der Waals surface area contributed by atoms with Crippen molar-refractivity contribution >= 4 is 22.2 Å². The number of amides is 1. The van der Waals surface area contributed by atoms with Crippen LogP contribution in [0.25, 0.3) is 4.96 Å². The number of fused-ring (bicyclic) bond motifs is 3. The lowest BCUT2D eigenvalue weighted by Gasteiger charge is -2.20. The van der Waals surface area contributed by atoms with Crippen LogP contribution in [0.15, 0.2) is 11.0 Å². The highest BCUT2D eigenvalue weighted by Crippen LogP contribution is 2.27. The van der Waals surface area contributed by atoms with Gasteiger partial charge in [0.1, 0.15) is 5.56 Å². The molecule has 2 aromatic heterocycles. The van der Waals surface area contributed by atoms with Gasteiger partial charge in [0.15, 0.2) is 4.96 Å². The minimum absolute atomic E-state index is 0.181. The van der Waals surface area contributed by atoms with Gasteiger partial charge in [-0.05, 0) is 38.5 Å². The van der Waals surface area contributed by atoms with E-state index in [2.05, 4.69) is 10.3 Å². The monoisotopic (exact) mass is 387 g/mol. The largest absolute Gasteiger partial charge is 0.349 e. The molecule has 27 heavy (non-hydrogen) atoms. The summed E-state index contributed by atoms with van der Waals surface area (Å²) in [6, 6.07) is 0.181. The van der Waals surface area contributed by atoms with Gasteiger partial charge >= 0.3 is 0 Å². The number of aryl methyl sites for hydroxylation is 2. The summed E-state index contributed by atoms with van der Waals surface area (Å²) < 4.78 is 1.72. The zero-order valence-corrected chi connectivity index (χ0v) is 16.8. The first-order valence-corrected chi connectivity index (χ1v) is 11.4. The Bertz CT molecular complexity index is 862. The van der Waals surface area contributed by atoms with Crippen molar-refractivity contribution in [2.75, 3.05) is 0 Å². The fourth-order valence-corrected chi connectivity index (χ4v) is 5.61. The molecule has 0 aromatic carbocycles. The minimum atomic E-state index is -0.252. The fraction of sp³-hybridized carbons (Fsp3) is 0.667. The molecule has 2 aliphatic rings. The Morgan fingerprint density at radius 1 is 1.00 bits per heavy atom. The molecule has 0 unspecified atom stereocenters. The first kappa shape index (κ1) is 18.7. The number of carbonyl (C=O) groups excluding carboxylic acids is 1. The lowest BCUT2D eigenvalue weighted by Crippen LogP contribution is -2.38. The molecule has 5 nitrogen and oxygen atoms in total. The number of nitrogens with one attached hydrogen (secondary N) is 1. The molecule has 1 N–H and O–H groups in total. The Kier molecular flexibility index (Phi) is 5.91. The van der Waals surface area contributed by atoms with E-state index in [4.69, 9.17) is 0 Å². The highest BCUT2D eigenvalue weighted by molar-refractivity contribution is 7.17. The predicted octanol–water partition coefficient (Wildman–Crippen LogP) is 4.26. The summed E-state index contributed by atoms with van der Waals surface area (Å²) in [5.74, 6) is -0.252. The second-order valence-corrected chi connectivity index (χ2v) is 9.06. The average molecular weight is 388 g/mol. The maximum absolute atomic E-state index is 13.1. The van der Waals surface area contributed by atoms with Gasteiger partial charge in [-0.1, -0.05) is 44.9 Å². The molecule has 4 rings (SSSR count). The Balaban J connectivity index is 1.61. The molecule has 6 heteroatoms. The van der Waals surface area contributed by atoms with Crippen LogP contribution in [0, 0.1) is 0 Å². The van der Waals surface area contributed by atoms with Crippen molar-refractivity contribution in [3.05, 3.63) is 32.7 Å². The van der Waals surface area contributed by atoms with Gasteiger partial charge in [-0.15, -0.1) is 11.3 Å². The predicted molar refractivity (Wildman–Crippen MR) is 109 cm³/mol. The summed E-state index contributed by atoms with van der Waals surface area (Å²) in [5, 5.41) is 3.11. The maximum atomic E-state index is 13.1. The van der Waals surface area contributed by atoms with Gasteiger partial charge in [0.2, 0.25) is 0 Å². The van der Waals surface area contributed by atoms with E-state index in [9.17, 15) is 9.59 Å². The Labute approximate surface area is 164 Å². The molecule has 2 heterocycles. The summed E-state index contributed by atoms with van der Waals surface area (Å²) in [6.07, 6.45) is 16.3. The van der Waals surface area contributed by atoms with Gasteiger partial charge in [0, 0.05) is 22.8 Å². The lowest BCUT2D eigenvalue weighted by atomic mass is 9.96. The van der Waals surface area contributed by atoms with Crippen LogP contribution in [-0.4, -0.2) is 21.3 Å². The van der Waals surface area contributed by atoms with Crippen molar-refractivity contribution in [2.45, 2.75) is 89.5 Å². The zero-order chi connectivity index (χ0) is 18.6. The fourth-order valence-electron chi connectivity index (χ4n) is 4.44. The Morgan fingerprint density at radius 2 is 1.67 bits per heavy atom. The van der Waals surface area contributed by atoms with Crippen LogP contribution < -0.4 is 10.9 Å². The number of aromatic nitrogens is 2. The van der Waals surface area contributed by atoms with Crippen molar-refractivity contribution < 1.29 is 4.79 Å². The van der Waals surface area contributed by atoms with Crippen LogP contribution in [0.4, 0.5) is 0 Å². The van der Waals surface area contributed by atoms with E-state index in [0.717, 1.165) is 55.6 Å². The molecule has 2 aliphatic carbocycles. The van der Waals surface area contributed by atoms with E-state index < -0.39 is 0 Å². The van der Waals surface area contributed by atoms with Crippen LogP contribution in [0.2, 0.25) is 0 Å². The number of nitrogens with zero attached hydrogens (tertiary/aromatic N) is 2. The van der Waals surface area contributed by atoms with Gasteiger partial charge in [-0.3, -0.25) is 14.0 Å². The van der Waals surface area contributed by atoms with Crippen LogP contribution in [0.5, 0.6) is 0 Å². The highest BCUT2D eigenvalue weighted by atomic mass is 32.1. The van der Waals surface area contributed by atoms with E-state index in [1.54, 1.807) is 15.7 Å². The number of hydrogen-bond donors (Lipinski definition) is 1. The smallest absolute Gasteiger partial charge is 0.271 e. The molecule has 146 valence electrons. The van der Waals surface area contributed by atoms with E-state index in [0.29, 0.717) is 0 Å². The molecule has 2 aromatic rings. The van der Waals surface area contributed by atoms with Gasteiger partial charge in [0.05, 0.1) is 0 Å².